The zero-order valence-corrected chi connectivity index (χ0v) is 8.88. The van der Waals surface area contributed by atoms with Gasteiger partial charge in [-0.25, -0.2) is 0 Å². The molecule has 0 fully saturated rings. The van der Waals surface area contributed by atoms with Crippen LogP contribution in [0.3, 0.4) is 0 Å². The summed E-state index contributed by atoms with van der Waals surface area (Å²) in [4.78, 5) is 2.15. The van der Waals surface area contributed by atoms with E-state index in [9.17, 15) is 8.42 Å². The van der Waals surface area contributed by atoms with Crippen LogP contribution in [0.2, 0.25) is 5.02 Å². The molecule has 0 saturated carbocycles. The van der Waals surface area contributed by atoms with Crippen LogP contribution in [0.5, 0.6) is 0 Å². The molecule has 1 rings (SSSR count). The Kier molecular flexibility index (Phi) is 4.29. The van der Waals surface area contributed by atoms with E-state index in [0.717, 1.165) is 6.07 Å². The Morgan fingerprint density at radius 2 is 2.00 bits per heavy atom. The van der Waals surface area contributed by atoms with E-state index >= 15 is 0 Å². The average Bonchev–Trinajstić information content (AvgIpc) is 2.03. The summed E-state index contributed by atoms with van der Waals surface area (Å²) in [5.41, 5.74) is -0.257. The van der Waals surface area contributed by atoms with Gasteiger partial charge in [0.2, 0.25) is 5.39 Å². The van der Waals surface area contributed by atoms with Gasteiger partial charge in [0.1, 0.15) is 0 Å². The summed E-state index contributed by atoms with van der Waals surface area (Å²) >= 11 is 5.48. The predicted molar refractivity (Wildman–Crippen MR) is 46.0 cm³/mol. The summed E-state index contributed by atoms with van der Waals surface area (Å²) in [6, 6.07) is 3.50. The summed E-state index contributed by atoms with van der Waals surface area (Å²) in [6.45, 7) is 0. The lowest BCUT2D eigenvalue weighted by Gasteiger charge is -1.92. The quantitative estimate of drug-likeness (QED) is 0.519. The molecule has 0 aliphatic rings. The fourth-order valence-corrected chi connectivity index (χ4v) is 1.66. The number of rotatable bonds is 1. The van der Waals surface area contributed by atoms with Crippen molar-refractivity contribution in [3.05, 3.63) is 28.2 Å². The smallest absolute Gasteiger partial charge is 0.406 e. The standard InChI is InChI=1S/C6H3ClN2O3S.ClH/c7-4-1-2-5(9-8)6(3-4)13(10,11)12;/h1-3H;1H. The minimum absolute atomic E-state index is 0. The van der Waals surface area contributed by atoms with Crippen molar-refractivity contribution < 1.29 is 25.4 Å². The molecular weight excluding hydrogens is 251 g/mol. The van der Waals surface area contributed by atoms with Gasteiger partial charge in [-0.15, -0.1) is 0 Å². The van der Waals surface area contributed by atoms with E-state index in [0.29, 0.717) is 0 Å². The maximum atomic E-state index is 10.7. The summed E-state index contributed by atoms with van der Waals surface area (Å²) in [6.07, 6.45) is 0. The molecule has 0 amide bonds. The zero-order valence-electron chi connectivity index (χ0n) is 6.55. The van der Waals surface area contributed by atoms with Gasteiger partial charge in [-0.1, -0.05) is 11.6 Å². The average molecular weight is 255 g/mol. The molecule has 1 N–H and O–H groups in total. The van der Waals surface area contributed by atoms with Crippen molar-refractivity contribution in [1.29, 1.82) is 5.39 Å². The lowest BCUT2D eigenvalue weighted by Crippen LogP contribution is -3.00. The second kappa shape index (κ2) is 4.57. The number of nitrogens with zero attached hydrogens (tertiary/aromatic N) is 2. The van der Waals surface area contributed by atoms with E-state index in [4.69, 9.17) is 21.5 Å². The molecule has 0 atom stereocenters. The van der Waals surface area contributed by atoms with Gasteiger partial charge in [-0.05, 0) is 12.1 Å². The van der Waals surface area contributed by atoms with Crippen LogP contribution >= 0.6 is 11.6 Å². The first-order valence-electron chi connectivity index (χ1n) is 3.07. The van der Waals surface area contributed by atoms with Gasteiger partial charge in [-0.2, -0.15) is 8.42 Å². The van der Waals surface area contributed by atoms with E-state index < -0.39 is 15.0 Å². The van der Waals surface area contributed by atoms with E-state index in [1.807, 2.05) is 0 Å². The van der Waals surface area contributed by atoms with Gasteiger partial charge in [0.05, 0.1) is 0 Å². The molecule has 0 radical (unpaired) electrons. The number of halogens is 2. The van der Waals surface area contributed by atoms with Gasteiger partial charge in [-0.3, -0.25) is 4.55 Å². The number of hydrogen-bond acceptors (Lipinski definition) is 3. The van der Waals surface area contributed by atoms with E-state index in [1.54, 1.807) is 0 Å². The third-order valence-electron chi connectivity index (χ3n) is 1.31. The van der Waals surface area contributed by atoms with Crippen molar-refractivity contribution in [2.24, 2.45) is 0 Å². The number of hydrogen-bond donors (Lipinski definition) is 1. The van der Waals surface area contributed by atoms with Crippen molar-refractivity contribution in [2.45, 2.75) is 4.90 Å². The van der Waals surface area contributed by atoms with Crippen LogP contribution in [0.15, 0.2) is 23.1 Å². The number of diazo groups is 1. The largest absolute Gasteiger partial charge is 1.00 e. The van der Waals surface area contributed by atoms with E-state index in [2.05, 4.69) is 4.98 Å². The lowest BCUT2D eigenvalue weighted by atomic mass is 10.3. The fourth-order valence-electron chi connectivity index (χ4n) is 0.777. The van der Waals surface area contributed by atoms with Crippen molar-refractivity contribution in [3.8, 4) is 0 Å². The molecule has 8 heteroatoms. The predicted octanol–water partition coefficient (Wildman–Crippen LogP) is -0.925. The molecule has 1 aromatic rings. The first kappa shape index (κ1) is 13.1. The normalized spacial score (nSPS) is 10.1. The molecule has 5 nitrogen and oxygen atoms in total. The topological polar surface area (TPSA) is 82.5 Å². The Morgan fingerprint density at radius 3 is 2.43 bits per heavy atom. The third-order valence-corrected chi connectivity index (χ3v) is 2.43. The minimum atomic E-state index is -4.41. The van der Waals surface area contributed by atoms with Crippen LogP contribution in [0.1, 0.15) is 0 Å². The van der Waals surface area contributed by atoms with Crippen LogP contribution < -0.4 is 12.4 Å². The molecular formula is C6H4Cl2N2O3S. The highest BCUT2D eigenvalue weighted by molar-refractivity contribution is 7.86. The summed E-state index contributed by atoms with van der Waals surface area (Å²) in [5, 5.41) is 8.50. The summed E-state index contributed by atoms with van der Waals surface area (Å²) in [5.74, 6) is 0. The molecule has 0 aliphatic heterocycles. The second-order valence-electron chi connectivity index (χ2n) is 2.19. The molecule has 0 heterocycles. The van der Waals surface area contributed by atoms with Crippen molar-refractivity contribution in [1.82, 2.24) is 0 Å². The third kappa shape index (κ3) is 2.82. The van der Waals surface area contributed by atoms with Crippen LogP contribution in [-0.2, 0) is 10.1 Å². The fraction of sp³-hybridized carbons (Fsp3) is 0. The van der Waals surface area contributed by atoms with Crippen molar-refractivity contribution >= 4 is 27.4 Å². The summed E-state index contributed by atoms with van der Waals surface area (Å²) < 4.78 is 30.0. The number of benzene rings is 1. The molecule has 1 aromatic carbocycles. The Morgan fingerprint density at radius 1 is 1.43 bits per heavy atom. The Hall–Kier alpha value is -0.870. The molecule has 0 aliphatic carbocycles. The Labute approximate surface area is 91.5 Å². The molecule has 0 bridgehead atoms. The van der Waals surface area contributed by atoms with Gasteiger partial charge < -0.3 is 12.4 Å². The first-order chi connectivity index (χ1) is 5.95. The highest BCUT2D eigenvalue weighted by Gasteiger charge is 2.24. The van der Waals surface area contributed by atoms with E-state index in [-0.39, 0.29) is 23.1 Å². The molecule has 0 saturated heterocycles. The van der Waals surface area contributed by atoms with Gasteiger partial charge in [0.25, 0.3) is 0 Å². The Balaban J connectivity index is 0.00000169. The van der Waals surface area contributed by atoms with Crippen LogP contribution in [0.25, 0.3) is 4.98 Å². The van der Waals surface area contributed by atoms with Crippen LogP contribution in [0.4, 0.5) is 5.69 Å². The van der Waals surface area contributed by atoms with Gasteiger partial charge >= 0.3 is 15.8 Å². The molecule has 0 aromatic heterocycles. The second-order valence-corrected chi connectivity index (χ2v) is 4.01. The Bertz CT molecular complexity index is 480. The van der Waals surface area contributed by atoms with E-state index in [1.165, 1.54) is 12.1 Å². The molecule has 0 unspecified atom stereocenters. The maximum absolute atomic E-state index is 10.7. The molecule has 14 heavy (non-hydrogen) atoms. The van der Waals surface area contributed by atoms with Gasteiger partial charge in [0.15, 0.2) is 9.87 Å². The van der Waals surface area contributed by atoms with Gasteiger partial charge in [0, 0.05) is 11.1 Å². The SMILES string of the molecule is N#[N+]c1ccc(Cl)cc1S(=O)(=O)O.[Cl-]. The summed E-state index contributed by atoms with van der Waals surface area (Å²) in [7, 11) is -4.41. The van der Waals surface area contributed by atoms with Crippen molar-refractivity contribution in [3.63, 3.8) is 0 Å². The molecule has 76 valence electrons. The molecule has 0 spiro atoms. The highest BCUT2D eigenvalue weighted by atomic mass is 35.5. The zero-order chi connectivity index (χ0) is 10.1. The highest BCUT2D eigenvalue weighted by Crippen LogP contribution is 2.26. The monoisotopic (exact) mass is 254 g/mol. The lowest BCUT2D eigenvalue weighted by molar-refractivity contribution is -0.00000696. The first-order valence-corrected chi connectivity index (χ1v) is 4.89. The maximum Gasteiger partial charge on any atom is 0.406 e. The van der Waals surface area contributed by atoms with Crippen LogP contribution in [-0.4, -0.2) is 13.0 Å². The van der Waals surface area contributed by atoms with Crippen LogP contribution in [0, 0.1) is 5.39 Å². The minimum Gasteiger partial charge on any atom is -1.00 e. The van der Waals surface area contributed by atoms with Crippen molar-refractivity contribution in [2.75, 3.05) is 0 Å².